The number of nitrogens with one attached hydrogen (secondary N) is 5. The minimum absolute atomic E-state index is 0.00233. The Morgan fingerprint density at radius 3 is 2.12 bits per heavy atom. The number of hydrogen-bond donors (Lipinski definition) is 9. The van der Waals surface area contributed by atoms with Gasteiger partial charge in [0.1, 0.15) is 24.2 Å². The molecule has 0 spiro atoms. The Morgan fingerprint density at radius 2 is 1.54 bits per heavy atom. The summed E-state index contributed by atoms with van der Waals surface area (Å²) >= 11 is 3.91. The maximum Gasteiger partial charge on any atom is 0.327 e. The first kappa shape index (κ1) is 33.6. The summed E-state index contributed by atoms with van der Waals surface area (Å²) in [5, 5.41) is 30.1. The molecule has 0 saturated heterocycles. The van der Waals surface area contributed by atoms with Crippen LogP contribution in [0.5, 0.6) is 0 Å². The monoisotopic (exact) mass is 592 g/mol. The van der Waals surface area contributed by atoms with Gasteiger partial charge in [-0.05, 0) is 37.8 Å². The Labute approximate surface area is 243 Å². The molecule has 9 N–H and O–H groups in total. The number of aliphatic hydroxyl groups is 1. The van der Waals surface area contributed by atoms with Crippen LogP contribution in [-0.2, 0) is 30.4 Å². The third kappa shape index (κ3) is 9.76. The normalized spacial score (nSPS) is 15.7. The Balaban J connectivity index is 2.27. The Bertz CT molecular complexity index is 1230. The van der Waals surface area contributed by atoms with Crippen molar-refractivity contribution in [1.29, 1.82) is 0 Å². The van der Waals surface area contributed by atoms with Crippen LogP contribution in [0.4, 0.5) is 0 Å². The van der Waals surface area contributed by atoms with Gasteiger partial charge in [-0.25, -0.2) is 4.79 Å². The van der Waals surface area contributed by atoms with Crippen molar-refractivity contribution in [3.05, 3.63) is 36.0 Å². The van der Waals surface area contributed by atoms with E-state index >= 15 is 0 Å². The van der Waals surface area contributed by atoms with Crippen molar-refractivity contribution in [1.82, 2.24) is 26.3 Å². The average Bonchev–Trinajstić information content (AvgIpc) is 3.31. The maximum atomic E-state index is 13.4. The van der Waals surface area contributed by atoms with Gasteiger partial charge in [-0.15, -0.1) is 0 Å². The van der Waals surface area contributed by atoms with Gasteiger partial charge in [-0.3, -0.25) is 19.2 Å². The molecule has 6 atom stereocenters. The quantitative estimate of drug-likeness (QED) is 0.122. The zero-order chi connectivity index (χ0) is 30.9. The standard InChI is InChI=1S/C27H40N6O7S/c1-13(2)9-18(28)24(36)33-22(15(4)34)26(38)31-20(10-16-11-29-19-8-6-5-7-17(16)19)25(37)30-14(3)23(35)32-21(12-41)27(39)40/h5-8,11,13-15,18,20-22,29,34,41H,9-10,12,28H2,1-4H3,(H,30,37)(H,31,38)(H,32,35)(H,33,36)(H,39,40)/t14-,15+,18-,20-,21-,22-/m0/s1. The van der Waals surface area contributed by atoms with E-state index in [-0.39, 0.29) is 18.1 Å². The average molecular weight is 593 g/mol. The molecule has 41 heavy (non-hydrogen) atoms. The highest BCUT2D eigenvalue weighted by Gasteiger charge is 2.33. The minimum atomic E-state index is -1.41. The van der Waals surface area contributed by atoms with E-state index in [0.717, 1.165) is 10.9 Å². The third-order valence-corrected chi connectivity index (χ3v) is 6.77. The van der Waals surface area contributed by atoms with Crippen molar-refractivity contribution < 1.29 is 34.2 Å². The summed E-state index contributed by atoms with van der Waals surface area (Å²) in [4.78, 5) is 66.1. The van der Waals surface area contributed by atoms with Gasteiger partial charge in [0.05, 0.1) is 12.1 Å². The lowest BCUT2D eigenvalue weighted by Crippen LogP contribution is -2.60. The lowest BCUT2D eigenvalue weighted by Gasteiger charge is -2.26. The number of H-pyrrole nitrogens is 1. The number of aliphatic carboxylic acids is 1. The SMILES string of the molecule is CC(C)C[C@H](N)C(=O)N[C@H](C(=O)N[C@@H](Cc1c[nH]c2ccccc12)C(=O)N[C@@H](C)C(=O)N[C@@H](CS)C(=O)O)[C@@H](C)O. The first-order chi connectivity index (χ1) is 19.2. The number of carboxylic acids is 1. The van der Waals surface area contributed by atoms with Gasteiger partial charge in [-0.1, -0.05) is 32.0 Å². The summed E-state index contributed by atoms with van der Waals surface area (Å²) in [7, 11) is 0. The molecule has 0 bridgehead atoms. The molecule has 0 aliphatic rings. The fraction of sp³-hybridized carbons (Fsp3) is 0.519. The molecule has 13 nitrogen and oxygen atoms in total. The summed E-state index contributed by atoms with van der Waals surface area (Å²) in [5.41, 5.74) is 7.43. The van der Waals surface area contributed by atoms with Crippen LogP contribution in [0.1, 0.15) is 39.7 Å². The van der Waals surface area contributed by atoms with E-state index in [2.05, 4.69) is 38.9 Å². The van der Waals surface area contributed by atoms with Gasteiger partial charge in [0.2, 0.25) is 23.6 Å². The van der Waals surface area contributed by atoms with Crippen LogP contribution in [0.15, 0.2) is 30.5 Å². The van der Waals surface area contributed by atoms with Crippen LogP contribution >= 0.6 is 12.6 Å². The van der Waals surface area contributed by atoms with Crippen LogP contribution < -0.4 is 27.0 Å². The summed E-state index contributed by atoms with van der Waals surface area (Å²) in [5.74, 6) is -4.27. The van der Waals surface area contributed by atoms with Gasteiger partial charge < -0.3 is 42.2 Å². The second-order valence-electron chi connectivity index (χ2n) is 10.4. The molecule has 1 aromatic heterocycles. The predicted octanol–water partition coefficient (Wildman–Crippen LogP) is -0.562. The number of aromatic nitrogens is 1. The largest absolute Gasteiger partial charge is 0.480 e. The van der Waals surface area contributed by atoms with Gasteiger partial charge in [0.15, 0.2) is 0 Å². The summed E-state index contributed by atoms with van der Waals surface area (Å²) in [6.45, 7) is 6.47. The second-order valence-corrected chi connectivity index (χ2v) is 10.8. The van der Waals surface area contributed by atoms with Crippen LogP contribution in [0.3, 0.4) is 0 Å². The van der Waals surface area contributed by atoms with E-state index in [1.807, 2.05) is 38.1 Å². The van der Waals surface area contributed by atoms with Crippen molar-refractivity contribution in [2.45, 2.75) is 76.8 Å². The first-order valence-corrected chi connectivity index (χ1v) is 13.9. The number of nitrogens with two attached hydrogens (primary N) is 1. The van der Waals surface area contributed by atoms with E-state index in [0.29, 0.717) is 12.0 Å². The van der Waals surface area contributed by atoms with Gasteiger partial charge in [-0.2, -0.15) is 12.6 Å². The molecule has 0 radical (unpaired) electrons. The first-order valence-electron chi connectivity index (χ1n) is 13.3. The van der Waals surface area contributed by atoms with E-state index < -0.39 is 65.9 Å². The van der Waals surface area contributed by atoms with E-state index in [1.54, 1.807) is 6.20 Å². The molecule has 1 aromatic carbocycles. The molecule has 0 saturated carbocycles. The number of aromatic amines is 1. The number of amides is 4. The topological polar surface area (TPSA) is 216 Å². The fourth-order valence-corrected chi connectivity index (χ4v) is 4.38. The number of benzene rings is 1. The maximum absolute atomic E-state index is 13.4. The van der Waals surface area contributed by atoms with Crippen LogP contribution in [-0.4, -0.2) is 86.9 Å². The van der Waals surface area contributed by atoms with Crippen molar-refractivity contribution in [3.63, 3.8) is 0 Å². The summed E-state index contributed by atoms with van der Waals surface area (Å²) in [6, 6.07) is 1.37. The molecular weight excluding hydrogens is 552 g/mol. The lowest BCUT2D eigenvalue weighted by molar-refractivity contribution is -0.141. The number of para-hydroxylation sites is 1. The molecule has 226 valence electrons. The zero-order valence-corrected chi connectivity index (χ0v) is 24.4. The Morgan fingerprint density at radius 1 is 0.902 bits per heavy atom. The van der Waals surface area contributed by atoms with Crippen LogP contribution in [0.2, 0.25) is 0 Å². The minimum Gasteiger partial charge on any atom is -0.480 e. The molecule has 0 fully saturated rings. The highest BCUT2D eigenvalue weighted by Crippen LogP contribution is 2.19. The predicted molar refractivity (Wildman–Crippen MR) is 156 cm³/mol. The Hall–Kier alpha value is -3.62. The van der Waals surface area contributed by atoms with Gasteiger partial charge in [0.25, 0.3) is 0 Å². The number of thiol groups is 1. The van der Waals surface area contributed by atoms with Gasteiger partial charge >= 0.3 is 5.97 Å². The number of fused-ring (bicyclic) bond motifs is 1. The molecular formula is C27H40N6O7S. The van der Waals surface area contributed by atoms with Crippen LogP contribution in [0.25, 0.3) is 10.9 Å². The fourth-order valence-electron chi connectivity index (χ4n) is 4.13. The van der Waals surface area contributed by atoms with Gasteiger partial charge in [0, 0.05) is 29.3 Å². The number of carbonyl (C=O) groups is 5. The zero-order valence-electron chi connectivity index (χ0n) is 23.5. The summed E-state index contributed by atoms with van der Waals surface area (Å²) in [6.07, 6.45) is 0.732. The highest BCUT2D eigenvalue weighted by molar-refractivity contribution is 7.80. The van der Waals surface area contributed by atoms with E-state index in [1.165, 1.54) is 13.8 Å². The molecule has 1 heterocycles. The van der Waals surface area contributed by atoms with Crippen molar-refractivity contribution in [2.24, 2.45) is 11.7 Å². The smallest absolute Gasteiger partial charge is 0.327 e. The molecule has 0 unspecified atom stereocenters. The van der Waals surface area contributed by atoms with E-state index in [9.17, 15) is 34.2 Å². The molecule has 14 heteroatoms. The molecule has 2 aromatic rings. The van der Waals surface area contributed by atoms with Crippen molar-refractivity contribution >= 4 is 53.1 Å². The Kier molecular flexibility index (Phi) is 12.6. The number of rotatable bonds is 15. The molecule has 0 aliphatic carbocycles. The number of aliphatic hydroxyl groups excluding tert-OH is 1. The second kappa shape index (κ2) is 15.4. The highest BCUT2D eigenvalue weighted by atomic mass is 32.1. The van der Waals surface area contributed by atoms with Crippen LogP contribution in [0, 0.1) is 5.92 Å². The molecule has 4 amide bonds. The van der Waals surface area contributed by atoms with E-state index in [4.69, 9.17) is 5.73 Å². The summed E-state index contributed by atoms with van der Waals surface area (Å²) < 4.78 is 0. The lowest BCUT2D eigenvalue weighted by atomic mass is 10.0. The number of hydrogen-bond acceptors (Lipinski definition) is 8. The van der Waals surface area contributed by atoms with Crippen molar-refractivity contribution in [3.8, 4) is 0 Å². The number of carboxylic acid groups (broad SMARTS) is 1. The third-order valence-electron chi connectivity index (χ3n) is 6.41. The number of carbonyl (C=O) groups excluding carboxylic acids is 4. The molecule has 0 aliphatic heterocycles. The molecule has 2 rings (SSSR count). The van der Waals surface area contributed by atoms with Crippen molar-refractivity contribution in [2.75, 3.05) is 5.75 Å².